The van der Waals surface area contributed by atoms with Crippen LogP contribution in [0.25, 0.3) is 0 Å². The van der Waals surface area contributed by atoms with Gasteiger partial charge in [-0.2, -0.15) is 0 Å². The third-order valence-electron chi connectivity index (χ3n) is 2.13. The van der Waals surface area contributed by atoms with Crippen molar-refractivity contribution < 1.29 is 9.53 Å². The van der Waals surface area contributed by atoms with Crippen LogP contribution in [0.5, 0.6) is 0 Å². The van der Waals surface area contributed by atoms with Gasteiger partial charge in [-0.25, -0.2) is 4.99 Å². The molecular formula is C11H15N3O2S. The summed E-state index contributed by atoms with van der Waals surface area (Å²) >= 11 is 1.35. The van der Waals surface area contributed by atoms with E-state index in [1.807, 2.05) is 6.26 Å². The van der Waals surface area contributed by atoms with E-state index in [0.717, 1.165) is 0 Å². The third kappa shape index (κ3) is 3.76. The van der Waals surface area contributed by atoms with Gasteiger partial charge in [-0.3, -0.25) is 4.79 Å². The number of aliphatic imine (C=N–C) groups is 1. The van der Waals surface area contributed by atoms with Gasteiger partial charge in [0.15, 0.2) is 5.17 Å². The summed E-state index contributed by atoms with van der Waals surface area (Å²) < 4.78 is 4.58. The standard InChI is InChI=1S/C11H15N3O2S/c1-16-10(15)9(12)7-4-3-5-8(6-7)14-11(13)17-2/h3-6,9H,12H2,1-2H3,(H2,13,14). The quantitative estimate of drug-likeness (QED) is 0.479. The molecule has 6 heteroatoms. The van der Waals surface area contributed by atoms with Crippen LogP contribution in [0.3, 0.4) is 0 Å². The molecule has 1 unspecified atom stereocenters. The van der Waals surface area contributed by atoms with Crippen molar-refractivity contribution in [1.29, 1.82) is 0 Å². The number of methoxy groups -OCH3 is 1. The van der Waals surface area contributed by atoms with E-state index in [-0.39, 0.29) is 0 Å². The molecule has 0 aliphatic carbocycles. The lowest BCUT2D eigenvalue weighted by atomic mass is 10.1. The SMILES string of the molecule is COC(=O)C(N)c1cccc(N=C(N)SC)c1. The lowest BCUT2D eigenvalue weighted by molar-refractivity contribution is -0.142. The van der Waals surface area contributed by atoms with E-state index in [2.05, 4.69) is 9.73 Å². The number of ether oxygens (including phenoxy) is 1. The van der Waals surface area contributed by atoms with Crippen LogP contribution in [-0.2, 0) is 9.53 Å². The summed E-state index contributed by atoms with van der Waals surface area (Å²) in [5.41, 5.74) is 12.6. The maximum absolute atomic E-state index is 11.3. The summed E-state index contributed by atoms with van der Waals surface area (Å²) in [4.78, 5) is 15.4. The van der Waals surface area contributed by atoms with Gasteiger partial charge < -0.3 is 16.2 Å². The summed E-state index contributed by atoms with van der Waals surface area (Å²) in [5.74, 6) is -0.482. The number of nitrogens with zero attached hydrogens (tertiary/aromatic N) is 1. The van der Waals surface area contributed by atoms with Crippen molar-refractivity contribution in [2.24, 2.45) is 16.5 Å². The largest absolute Gasteiger partial charge is 0.468 e. The summed E-state index contributed by atoms with van der Waals surface area (Å²) in [6.07, 6.45) is 1.84. The van der Waals surface area contributed by atoms with Crippen molar-refractivity contribution in [2.75, 3.05) is 13.4 Å². The Labute approximate surface area is 104 Å². The number of amidine groups is 1. The first kappa shape index (κ1) is 13.5. The molecule has 1 rings (SSSR count). The number of thioether (sulfide) groups is 1. The van der Waals surface area contributed by atoms with Crippen molar-refractivity contribution in [3.05, 3.63) is 29.8 Å². The average Bonchev–Trinajstić information content (AvgIpc) is 2.37. The molecule has 5 nitrogen and oxygen atoms in total. The predicted molar refractivity (Wildman–Crippen MR) is 70.2 cm³/mol. The minimum absolute atomic E-state index is 0.453. The zero-order chi connectivity index (χ0) is 12.8. The molecule has 0 saturated heterocycles. The molecule has 4 N–H and O–H groups in total. The second-order valence-electron chi connectivity index (χ2n) is 3.25. The van der Waals surface area contributed by atoms with Crippen molar-refractivity contribution in [1.82, 2.24) is 0 Å². The van der Waals surface area contributed by atoms with Crippen LogP contribution in [0.2, 0.25) is 0 Å². The Morgan fingerprint density at radius 2 is 2.24 bits per heavy atom. The van der Waals surface area contributed by atoms with Crippen LogP contribution < -0.4 is 11.5 Å². The summed E-state index contributed by atoms with van der Waals surface area (Å²) in [7, 11) is 1.30. The van der Waals surface area contributed by atoms with E-state index >= 15 is 0 Å². The van der Waals surface area contributed by atoms with E-state index in [9.17, 15) is 4.79 Å². The Hall–Kier alpha value is -1.53. The highest BCUT2D eigenvalue weighted by atomic mass is 32.2. The normalized spacial score (nSPS) is 13.2. The Kier molecular flexibility index (Phi) is 4.99. The van der Waals surface area contributed by atoms with Gasteiger partial charge >= 0.3 is 5.97 Å². The summed E-state index contributed by atoms with van der Waals surface area (Å²) in [5, 5.41) is 0.453. The summed E-state index contributed by atoms with van der Waals surface area (Å²) in [6.45, 7) is 0. The number of carbonyl (C=O) groups excluding carboxylic acids is 1. The minimum Gasteiger partial charge on any atom is -0.468 e. The van der Waals surface area contributed by atoms with Gasteiger partial charge in [-0.1, -0.05) is 23.9 Å². The molecule has 1 aromatic carbocycles. The van der Waals surface area contributed by atoms with Crippen LogP contribution in [0.15, 0.2) is 29.3 Å². The molecule has 0 saturated carbocycles. The van der Waals surface area contributed by atoms with E-state index in [1.54, 1.807) is 24.3 Å². The topological polar surface area (TPSA) is 90.7 Å². The Balaban J connectivity index is 2.97. The van der Waals surface area contributed by atoms with Crippen molar-refractivity contribution in [3.63, 3.8) is 0 Å². The summed E-state index contributed by atoms with van der Waals surface area (Å²) in [6, 6.07) is 6.22. The maximum Gasteiger partial charge on any atom is 0.327 e. The van der Waals surface area contributed by atoms with E-state index < -0.39 is 12.0 Å². The van der Waals surface area contributed by atoms with Gasteiger partial charge in [0.1, 0.15) is 6.04 Å². The number of esters is 1. The molecule has 0 spiro atoms. The molecule has 0 aliphatic heterocycles. The fraction of sp³-hybridized carbons (Fsp3) is 0.273. The zero-order valence-corrected chi connectivity index (χ0v) is 10.5. The molecular weight excluding hydrogens is 238 g/mol. The first-order valence-electron chi connectivity index (χ1n) is 4.90. The van der Waals surface area contributed by atoms with Gasteiger partial charge in [-0.15, -0.1) is 0 Å². The minimum atomic E-state index is -0.800. The molecule has 1 atom stereocenters. The second kappa shape index (κ2) is 6.27. The lowest BCUT2D eigenvalue weighted by Crippen LogP contribution is -2.22. The van der Waals surface area contributed by atoms with Crippen molar-refractivity contribution >= 4 is 28.6 Å². The molecule has 0 fully saturated rings. The van der Waals surface area contributed by atoms with E-state index in [1.165, 1.54) is 18.9 Å². The van der Waals surface area contributed by atoms with E-state index in [4.69, 9.17) is 11.5 Å². The molecule has 1 aromatic rings. The molecule has 0 bridgehead atoms. The number of hydrogen-bond acceptors (Lipinski definition) is 5. The molecule has 0 heterocycles. The van der Waals surface area contributed by atoms with Crippen molar-refractivity contribution in [2.45, 2.75) is 6.04 Å². The van der Waals surface area contributed by atoms with Crippen LogP contribution in [0.1, 0.15) is 11.6 Å². The first-order valence-corrected chi connectivity index (χ1v) is 6.12. The fourth-order valence-electron chi connectivity index (χ4n) is 1.22. The average molecular weight is 253 g/mol. The van der Waals surface area contributed by atoms with Gasteiger partial charge in [-0.05, 0) is 24.0 Å². The van der Waals surface area contributed by atoms with Gasteiger partial charge in [0, 0.05) is 0 Å². The van der Waals surface area contributed by atoms with Crippen LogP contribution in [0.4, 0.5) is 5.69 Å². The van der Waals surface area contributed by atoms with Crippen molar-refractivity contribution in [3.8, 4) is 0 Å². The molecule has 0 aromatic heterocycles. The fourth-order valence-corrected chi connectivity index (χ4v) is 1.42. The zero-order valence-electron chi connectivity index (χ0n) is 9.71. The highest BCUT2D eigenvalue weighted by Gasteiger charge is 2.16. The van der Waals surface area contributed by atoms with E-state index in [0.29, 0.717) is 16.4 Å². The van der Waals surface area contributed by atoms with Gasteiger partial charge in [0.25, 0.3) is 0 Å². The number of rotatable bonds is 3. The van der Waals surface area contributed by atoms with Crippen LogP contribution in [0, 0.1) is 0 Å². The third-order valence-corrected chi connectivity index (χ3v) is 2.64. The maximum atomic E-state index is 11.3. The van der Waals surface area contributed by atoms with Crippen LogP contribution >= 0.6 is 11.8 Å². The van der Waals surface area contributed by atoms with Gasteiger partial charge in [0.2, 0.25) is 0 Å². The molecule has 0 amide bonds. The molecule has 0 aliphatic rings. The van der Waals surface area contributed by atoms with Gasteiger partial charge in [0.05, 0.1) is 12.8 Å². The highest BCUT2D eigenvalue weighted by Crippen LogP contribution is 2.19. The predicted octanol–water partition coefficient (Wildman–Crippen LogP) is 1.17. The number of hydrogen-bond donors (Lipinski definition) is 2. The smallest absolute Gasteiger partial charge is 0.327 e. The molecule has 0 radical (unpaired) electrons. The highest BCUT2D eigenvalue weighted by molar-refractivity contribution is 8.13. The molecule has 17 heavy (non-hydrogen) atoms. The number of benzene rings is 1. The Morgan fingerprint density at radius 3 is 2.82 bits per heavy atom. The second-order valence-corrected chi connectivity index (χ2v) is 4.08. The monoisotopic (exact) mass is 253 g/mol. The van der Waals surface area contributed by atoms with Crippen LogP contribution in [-0.4, -0.2) is 24.5 Å². The molecule has 92 valence electrons. The Morgan fingerprint density at radius 1 is 1.53 bits per heavy atom. The first-order chi connectivity index (χ1) is 8.08. The number of carbonyl (C=O) groups is 1. The Bertz CT molecular complexity index is 434. The lowest BCUT2D eigenvalue weighted by Gasteiger charge is -2.09. The number of nitrogens with two attached hydrogens (primary N) is 2.